The second-order valence-electron chi connectivity index (χ2n) is 8.66. The zero-order chi connectivity index (χ0) is 22.7. The average Bonchev–Trinajstić information content (AvgIpc) is 3.20. The molecule has 2 heterocycles. The molecule has 1 aliphatic heterocycles. The summed E-state index contributed by atoms with van der Waals surface area (Å²) < 4.78 is 1.38. The van der Waals surface area contributed by atoms with Crippen molar-refractivity contribution in [3.63, 3.8) is 0 Å². The maximum absolute atomic E-state index is 13.5. The maximum atomic E-state index is 13.5. The van der Waals surface area contributed by atoms with Gasteiger partial charge in [0, 0.05) is 31.4 Å². The second kappa shape index (κ2) is 9.34. The van der Waals surface area contributed by atoms with E-state index in [1.165, 1.54) is 4.68 Å². The number of carbonyl (C=O) groups excluding carboxylic acids is 2. The van der Waals surface area contributed by atoms with E-state index in [2.05, 4.69) is 10.4 Å². The SMILES string of the molecule is CC(C)Cn1nc(C(=O)NC(CN2CCCC2=O)c2ccccc2)c2ccccc2c1=O. The number of likely N-dealkylation sites (tertiary alicyclic amines) is 1. The Hall–Kier alpha value is -3.48. The Morgan fingerprint density at radius 2 is 1.69 bits per heavy atom. The van der Waals surface area contributed by atoms with Crippen LogP contribution < -0.4 is 10.9 Å². The van der Waals surface area contributed by atoms with Crippen LogP contribution in [0, 0.1) is 5.92 Å². The summed E-state index contributed by atoms with van der Waals surface area (Å²) in [6, 6.07) is 16.3. The van der Waals surface area contributed by atoms with Crippen LogP contribution in [0.25, 0.3) is 10.8 Å². The van der Waals surface area contributed by atoms with Gasteiger partial charge in [-0.15, -0.1) is 0 Å². The molecule has 0 aliphatic carbocycles. The number of nitrogens with one attached hydrogen (secondary N) is 1. The Morgan fingerprint density at radius 3 is 2.34 bits per heavy atom. The number of fused-ring (bicyclic) bond motifs is 1. The second-order valence-corrected chi connectivity index (χ2v) is 8.66. The van der Waals surface area contributed by atoms with Crippen molar-refractivity contribution in [1.82, 2.24) is 20.0 Å². The number of hydrogen-bond donors (Lipinski definition) is 1. The highest BCUT2D eigenvalue weighted by molar-refractivity contribution is 6.04. The molecule has 166 valence electrons. The molecular formula is C25H28N4O3. The molecular weight excluding hydrogens is 404 g/mol. The van der Waals surface area contributed by atoms with Gasteiger partial charge in [0.05, 0.1) is 11.4 Å². The van der Waals surface area contributed by atoms with Crippen LogP contribution in [-0.2, 0) is 11.3 Å². The molecule has 1 aliphatic rings. The van der Waals surface area contributed by atoms with E-state index < -0.39 is 0 Å². The van der Waals surface area contributed by atoms with Gasteiger partial charge >= 0.3 is 0 Å². The highest BCUT2D eigenvalue weighted by atomic mass is 16.2. The highest BCUT2D eigenvalue weighted by Gasteiger charge is 2.27. The minimum absolute atomic E-state index is 0.106. The number of benzene rings is 2. The molecule has 0 spiro atoms. The molecule has 0 saturated carbocycles. The third-order valence-electron chi connectivity index (χ3n) is 5.70. The molecule has 2 amide bonds. The van der Waals surface area contributed by atoms with Gasteiger partial charge in [0.15, 0.2) is 5.69 Å². The van der Waals surface area contributed by atoms with E-state index in [9.17, 15) is 14.4 Å². The molecule has 3 aromatic rings. The Morgan fingerprint density at radius 1 is 1.00 bits per heavy atom. The summed E-state index contributed by atoms with van der Waals surface area (Å²) in [5.41, 5.74) is 0.933. The Balaban J connectivity index is 1.71. The number of nitrogens with zero attached hydrogens (tertiary/aromatic N) is 3. The molecule has 7 nitrogen and oxygen atoms in total. The van der Waals surface area contributed by atoms with Gasteiger partial charge in [0.25, 0.3) is 11.5 Å². The first-order chi connectivity index (χ1) is 15.4. The minimum Gasteiger partial charge on any atom is -0.342 e. The molecule has 1 unspecified atom stereocenters. The van der Waals surface area contributed by atoms with Crippen molar-refractivity contribution in [3.8, 4) is 0 Å². The van der Waals surface area contributed by atoms with Gasteiger partial charge in [-0.1, -0.05) is 62.4 Å². The van der Waals surface area contributed by atoms with Crippen molar-refractivity contribution in [2.75, 3.05) is 13.1 Å². The summed E-state index contributed by atoms with van der Waals surface area (Å²) in [5.74, 6) is -0.0519. The fraction of sp³-hybridized carbons (Fsp3) is 0.360. The van der Waals surface area contributed by atoms with Crippen LogP contribution in [0.3, 0.4) is 0 Å². The lowest BCUT2D eigenvalue weighted by molar-refractivity contribution is -0.128. The molecule has 0 radical (unpaired) electrons. The van der Waals surface area contributed by atoms with Gasteiger partial charge < -0.3 is 10.2 Å². The van der Waals surface area contributed by atoms with Crippen molar-refractivity contribution in [2.24, 2.45) is 5.92 Å². The normalized spacial score (nSPS) is 14.8. The van der Waals surface area contributed by atoms with Crippen LogP contribution in [0.5, 0.6) is 0 Å². The van der Waals surface area contributed by atoms with E-state index in [0.29, 0.717) is 36.8 Å². The Kier molecular flexibility index (Phi) is 6.35. The van der Waals surface area contributed by atoms with Gasteiger partial charge in [-0.05, 0) is 24.0 Å². The smallest absolute Gasteiger partial charge is 0.274 e. The first-order valence-corrected chi connectivity index (χ1v) is 11.1. The Labute approximate surface area is 187 Å². The minimum atomic E-state index is -0.378. The molecule has 0 bridgehead atoms. The van der Waals surface area contributed by atoms with Crippen LogP contribution >= 0.6 is 0 Å². The fourth-order valence-electron chi connectivity index (χ4n) is 4.14. The van der Waals surface area contributed by atoms with Crippen LogP contribution in [0.4, 0.5) is 0 Å². The van der Waals surface area contributed by atoms with Crippen LogP contribution in [0.2, 0.25) is 0 Å². The summed E-state index contributed by atoms with van der Waals surface area (Å²) in [4.78, 5) is 40.3. The number of amides is 2. The van der Waals surface area contributed by atoms with Gasteiger partial charge in [0.1, 0.15) is 0 Å². The fourth-order valence-corrected chi connectivity index (χ4v) is 4.14. The third kappa shape index (κ3) is 4.56. The number of rotatable bonds is 7. The van der Waals surface area contributed by atoms with Crippen LogP contribution in [0.1, 0.15) is 48.8 Å². The predicted molar refractivity (Wildman–Crippen MR) is 123 cm³/mol. The van der Waals surface area contributed by atoms with Gasteiger partial charge in [-0.25, -0.2) is 4.68 Å². The summed E-state index contributed by atoms with van der Waals surface area (Å²) in [6.07, 6.45) is 1.38. The largest absolute Gasteiger partial charge is 0.342 e. The van der Waals surface area contributed by atoms with E-state index in [0.717, 1.165) is 12.0 Å². The molecule has 1 saturated heterocycles. The average molecular weight is 433 g/mol. The van der Waals surface area contributed by atoms with Gasteiger partial charge in [-0.2, -0.15) is 5.10 Å². The van der Waals surface area contributed by atoms with E-state index in [1.807, 2.05) is 44.2 Å². The first-order valence-electron chi connectivity index (χ1n) is 11.1. The molecule has 1 aromatic heterocycles. The van der Waals surface area contributed by atoms with E-state index >= 15 is 0 Å². The number of hydrogen-bond acceptors (Lipinski definition) is 4. The van der Waals surface area contributed by atoms with Crippen molar-refractivity contribution in [1.29, 1.82) is 0 Å². The first kappa shape index (κ1) is 21.7. The molecule has 1 fully saturated rings. The molecule has 1 N–H and O–H groups in total. The van der Waals surface area contributed by atoms with E-state index in [1.54, 1.807) is 29.2 Å². The highest BCUT2D eigenvalue weighted by Crippen LogP contribution is 2.20. The molecule has 32 heavy (non-hydrogen) atoms. The van der Waals surface area contributed by atoms with E-state index in [4.69, 9.17) is 0 Å². The molecule has 1 atom stereocenters. The third-order valence-corrected chi connectivity index (χ3v) is 5.70. The molecule has 7 heteroatoms. The van der Waals surface area contributed by atoms with Crippen molar-refractivity contribution in [3.05, 3.63) is 76.2 Å². The van der Waals surface area contributed by atoms with E-state index in [-0.39, 0.29) is 35.0 Å². The summed E-state index contributed by atoms with van der Waals surface area (Å²) >= 11 is 0. The monoisotopic (exact) mass is 432 g/mol. The van der Waals surface area contributed by atoms with Crippen LogP contribution in [-0.4, -0.2) is 39.6 Å². The summed E-state index contributed by atoms with van der Waals surface area (Å²) in [5, 5.41) is 8.52. The summed E-state index contributed by atoms with van der Waals surface area (Å²) in [7, 11) is 0. The lowest BCUT2D eigenvalue weighted by atomic mass is 10.1. The lowest BCUT2D eigenvalue weighted by Gasteiger charge is -2.25. The van der Waals surface area contributed by atoms with Gasteiger partial charge in [-0.3, -0.25) is 14.4 Å². The zero-order valence-corrected chi connectivity index (χ0v) is 18.5. The molecule has 4 rings (SSSR count). The lowest BCUT2D eigenvalue weighted by Crippen LogP contribution is -2.39. The van der Waals surface area contributed by atoms with Crippen molar-refractivity contribution in [2.45, 2.75) is 39.3 Å². The zero-order valence-electron chi connectivity index (χ0n) is 18.5. The summed E-state index contributed by atoms with van der Waals surface area (Å²) in [6.45, 7) is 5.52. The topological polar surface area (TPSA) is 84.3 Å². The number of carbonyl (C=O) groups is 2. The number of aromatic nitrogens is 2. The van der Waals surface area contributed by atoms with Crippen LogP contribution in [0.15, 0.2) is 59.4 Å². The standard InChI is InChI=1S/C25H28N4O3/c1-17(2)15-29-25(32)20-12-7-6-11-19(20)23(27-29)24(31)26-21(18-9-4-3-5-10-18)16-28-14-8-13-22(28)30/h3-7,9-12,17,21H,8,13-16H2,1-2H3,(H,26,31). The van der Waals surface area contributed by atoms with Gasteiger partial charge in [0.2, 0.25) is 5.91 Å². The molecule has 2 aromatic carbocycles. The Bertz CT molecular complexity index is 1190. The quantitative estimate of drug-likeness (QED) is 0.622. The van der Waals surface area contributed by atoms with Crippen molar-refractivity contribution >= 4 is 22.6 Å². The van der Waals surface area contributed by atoms with Crippen molar-refractivity contribution < 1.29 is 9.59 Å². The maximum Gasteiger partial charge on any atom is 0.274 e. The predicted octanol–water partition coefficient (Wildman–Crippen LogP) is 3.15.